The van der Waals surface area contributed by atoms with Crippen molar-refractivity contribution in [1.29, 1.82) is 0 Å². The van der Waals surface area contributed by atoms with Crippen LogP contribution in [0.2, 0.25) is 5.02 Å². The molecule has 0 aromatic heterocycles. The number of benzene rings is 1. The lowest BCUT2D eigenvalue weighted by molar-refractivity contribution is -0.115. The average Bonchev–Trinajstić information content (AvgIpc) is 3.17. The molecule has 1 aromatic rings. The van der Waals surface area contributed by atoms with Gasteiger partial charge in [-0.15, -0.1) is 12.4 Å². The van der Waals surface area contributed by atoms with Crippen LogP contribution in [0.4, 0.5) is 5.69 Å². The zero-order chi connectivity index (χ0) is 14.5. The van der Waals surface area contributed by atoms with Crippen LogP contribution in [0, 0.1) is 5.92 Å². The molecule has 1 aliphatic rings. The molecule has 1 amide bonds. The van der Waals surface area contributed by atoms with Crippen LogP contribution in [0.3, 0.4) is 0 Å². The van der Waals surface area contributed by atoms with Gasteiger partial charge in [-0.05, 0) is 49.1 Å². The first-order valence-electron chi connectivity index (χ1n) is 6.63. The van der Waals surface area contributed by atoms with E-state index in [1.807, 2.05) is 0 Å². The SMILES string of the molecule is CS(=O)Cc1cc(NC(=O)CNCC2CC2)ccc1Cl.Cl. The molecule has 0 heterocycles. The summed E-state index contributed by atoms with van der Waals surface area (Å²) >= 11 is 6.04. The summed E-state index contributed by atoms with van der Waals surface area (Å²) < 4.78 is 11.3. The third-order valence-corrected chi connectivity index (χ3v) is 4.19. The second-order valence-corrected chi connectivity index (χ2v) is 6.99. The maximum Gasteiger partial charge on any atom is 0.238 e. The van der Waals surface area contributed by atoms with Crippen molar-refractivity contribution in [3.63, 3.8) is 0 Å². The first-order chi connectivity index (χ1) is 9.54. The van der Waals surface area contributed by atoms with Crippen molar-refractivity contribution in [1.82, 2.24) is 5.32 Å². The summed E-state index contributed by atoms with van der Waals surface area (Å²) in [7, 11) is -0.960. The fourth-order valence-corrected chi connectivity index (χ4v) is 2.84. The molecular formula is C14H20Cl2N2O2S. The number of halogens is 2. The molecule has 1 saturated carbocycles. The lowest BCUT2D eigenvalue weighted by atomic mass is 10.2. The van der Waals surface area contributed by atoms with Crippen molar-refractivity contribution in [3.05, 3.63) is 28.8 Å². The normalized spacial score (nSPS) is 15.1. The van der Waals surface area contributed by atoms with E-state index < -0.39 is 10.8 Å². The Kier molecular flexibility index (Phi) is 7.66. The molecule has 0 spiro atoms. The number of anilines is 1. The van der Waals surface area contributed by atoms with Crippen LogP contribution < -0.4 is 10.6 Å². The molecular weight excluding hydrogens is 331 g/mol. The Morgan fingerprint density at radius 3 is 2.76 bits per heavy atom. The van der Waals surface area contributed by atoms with Crippen molar-refractivity contribution in [2.24, 2.45) is 5.92 Å². The summed E-state index contributed by atoms with van der Waals surface area (Å²) in [5.41, 5.74) is 1.48. The zero-order valence-corrected chi connectivity index (χ0v) is 14.2. The Labute approximate surface area is 138 Å². The second kappa shape index (κ2) is 8.73. The first kappa shape index (κ1) is 18.4. The van der Waals surface area contributed by atoms with Crippen molar-refractivity contribution >= 4 is 46.4 Å². The van der Waals surface area contributed by atoms with Gasteiger partial charge in [0.25, 0.3) is 0 Å². The van der Waals surface area contributed by atoms with Crippen molar-refractivity contribution in [2.75, 3.05) is 24.7 Å². The fourth-order valence-electron chi connectivity index (χ4n) is 1.90. The van der Waals surface area contributed by atoms with Gasteiger partial charge in [0, 0.05) is 33.5 Å². The van der Waals surface area contributed by atoms with Crippen LogP contribution in [0.1, 0.15) is 18.4 Å². The molecule has 118 valence electrons. The minimum absolute atomic E-state index is 0. The molecule has 1 aliphatic carbocycles. The van der Waals surface area contributed by atoms with Gasteiger partial charge in [-0.3, -0.25) is 9.00 Å². The molecule has 2 rings (SSSR count). The number of nitrogens with one attached hydrogen (secondary N) is 2. The Morgan fingerprint density at radius 1 is 1.43 bits per heavy atom. The van der Waals surface area contributed by atoms with E-state index in [1.54, 1.807) is 24.5 Å². The molecule has 0 bridgehead atoms. The second-order valence-electron chi connectivity index (χ2n) is 5.15. The number of amides is 1. The van der Waals surface area contributed by atoms with E-state index in [2.05, 4.69) is 10.6 Å². The van der Waals surface area contributed by atoms with Gasteiger partial charge in [-0.1, -0.05) is 11.6 Å². The van der Waals surface area contributed by atoms with E-state index in [4.69, 9.17) is 11.6 Å². The van der Waals surface area contributed by atoms with Gasteiger partial charge in [-0.2, -0.15) is 0 Å². The largest absolute Gasteiger partial charge is 0.325 e. The van der Waals surface area contributed by atoms with Crippen LogP contribution in [-0.4, -0.2) is 29.5 Å². The van der Waals surface area contributed by atoms with Crippen molar-refractivity contribution in [2.45, 2.75) is 18.6 Å². The maximum atomic E-state index is 11.8. The molecule has 1 unspecified atom stereocenters. The molecule has 1 atom stereocenters. The predicted molar refractivity (Wildman–Crippen MR) is 90.7 cm³/mol. The van der Waals surface area contributed by atoms with Gasteiger partial charge < -0.3 is 10.6 Å². The highest BCUT2D eigenvalue weighted by molar-refractivity contribution is 7.83. The van der Waals surface area contributed by atoms with Gasteiger partial charge in [-0.25, -0.2) is 0 Å². The number of carbonyl (C=O) groups is 1. The Morgan fingerprint density at radius 2 is 2.14 bits per heavy atom. The number of rotatable bonds is 7. The van der Waals surface area contributed by atoms with Gasteiger partial charge in [0.2, 0.25) is 5.91 Å². The standard InChI is InChI=1S/C14H19ClN2O2S.ClH/c1-20(19)9-11-6-12(4-5-13(11)15)17-14(18)8-16-7-10-2-3-10;/h4-6,10,16H,2-3,7-9H2,1H3,(H,17,18);1H. The summed E-state index contributed by atoms with van der Waals surface area (Å²) in [6, 6.07) is 5.25. The molecule has 21 heavy (non-hydrogen) atoms. The highest BCUT2D eigenvalue weighted by Crippen LogP contribution is 2.27. The summed E-state index contributed by atoms with van der Waals surface area (Å²) in [5, 5.41) is 6.53. The molecule has 4 nitrogen and oxygen atoms in total. The minimum Gasteiger partial charge on any atom is -0.325 e. The van der Waals surface area contributed by atoms with Crippen LogP contribution in [0.25, 0.3) is 0 Å². The molecule has 7 heteroatoms. The van der Waals surface area contributed by atoms with Gasteiger partial charge in [0.1, 0.15) is 0 Å². The summed E-state index contributed by atoms with van der Waals surface area (Å²) in [5.74, 6) is 1.07. The highest BCUT2D eigenvalue weighted by atomic mass is 35.5. The van der Waals surface area contributed by atoms with Crippen molar-refractivity contribution < 1.29 is 9.00 Å². The summed E-state index contributed by atoms with van der Waals surface area (Å²) in [6.07, 6.45) is 4.16. The van der Waals surface area contributed by atoms with Crippen LogP contribution >= 0.6 is 24.0 Å². The van der Waals surface area contributed by atoms with Crippen molar-refractivity contribution in [3.8, 4) is 0 Å². The molecule has 2 N–H and O–H groups in total. The number of carbonyl (C=O) groups excluding carboxylic acids is 1. The smallest absolute Gasteiger partial charge is 0.238 e. The van der Waals surface area contributed by atoms with E-state index in [0.717, 1.165) is 18.0 Å². The molecule has 0 saturated heterocycles. The predicted octanol–water partition coefficient (Wildman–Crippen LogP) is 2.58. The van der Waals surface area contributed by atoms with E-state index in [9.17, 15) is 9.00 Å². The number of hydrogen-bond acceptors (Lipinski definition) is 3. The highest BCUT2D eigenvalue weighted by Gasteiger charge is 2.20. The zero-order valence-electron chi connectivity index (χ0n) is 11.9. The van der Waals surface area contributed by atoms with E-state index in [0.29, 0.717) is 23.0 Å². The van der Waals surface area contributed by atoms with Crippen LogP contribution in [-0.2, 0) is 21.3 Å². The molecule has 0 aliphatic heterocycles. The minimum atomic E-state index is -0.960. The third-order valence-electron chi connectivity index (χ3n) is 3.10. The quantitative estimate of drug-likeness (QED) is 0.794. The lowest BCUT2D eigenvalue weighted by Gasteiger charge is -2.09. The molecule has 0 radical (unpaired) electrons. The lowest BCUT2D eigenvalue weighted by Crippen LogP contribution is -2.29. The van der Waals surface area contributed by atoms with Gasteiger partial charge in [0.15, 0.2) is 0 Å². The molecule has 1 fully saturated rings. The van der Waals surface area contributed by atoms with Gasteiger partial charge in [0.05, 0.1) is 6.54 Å². The molecule has 1 aromatic carbocycles. The van der Waals surface area contributed by atoms with E-state index >= 15 is 0 Å². The Hall–Kier alpha value is -0.620. The van der Waals surface area contributed by atoms with Gasteiger partial charge >= 0.3 is 0 Å². The van der Waals surface area contributed by atoms with Crippen LogP contribution in [0.5, 0.6) is 0 Å². The Balaban J connectivity index is 0.00000220. The monoisotopic (exact) mass is 350 g/mol. The van der Waals surface area contributed by atoms with E-state index in [-0.39, 0.29) is 18.3 Å². The fraction of sp³-hybridized carbons (Fsp3) is 0.500. The first-order valence-corrected chi connectivity index (χ1v) is 8.74. The van der Waals surface area contributed by atoms with Crippen LogP contribution in [0.15, 0.2) is 18.2 Å². The topological polar surface area (TPSA) is 58.2 Å². The third kappa shape index (κ3) is 6.78. The Bertz CT molecular complexity index is 522. The average molecular weight is 351 g/mol. The summed E-state index contributed by atoms with van der Waals surface area (Å²) in [4.78, 5) is 11.8. The summed E-state index contributed by atoms with van der Waals surface area (Å²) in [6.45, 7) is 1.22. The maximum absolute atomic E-state index is 11.8. The number of hydrogen-bond donors (Lipinski definition) is 2. The van der Waals surface area contributed by atoms with E-state index in [1.165, 1.54) is 12.8 Å².